The molecule has 2 heteroatoms. The largest absolute Gasteiger partial charge is 0.454 e. The van der Waals surface area contributed by atoms with Crippen LogP contribution < -0.4 is 0 Å². The molecule has 2 aromatic heterocycles. The molecule has 9 aromatic carbocycles. The van der Waals surface area contributed by atoms with Crippen molar-refractivity contribution in [2.24, 2.45) is 0 Å². The quantitative estimate of drug-likeness (QED) is 0.179. The van der Waals surface area contributed by atoms with E-state index >= 15 is 0 Å². The van der Waals surface area contributed by atoms with Crippen LogP contribution in [0.2, 0.25) is 0 Å². The van der Waals surface area contributed by atoms with Gasteiger partial charge in [0.05, 0.1) is 11.0 Å². The fourth-order valence-electron chi connectivity index (χ4n) is 9.38. The van der Waals surface area contributed by atoms with E-state index in [9.17, 15) is 0 Å². The molecule has 0 amide bonds. The third kappa shape index (κ3) is 4.49. The van der Waals surface area contributed by atoms with Crippen LogP contribution in [0.5, 0.6) is 0 Å². The Morgan fingerprint density at radius 2 is 1.04 bits per heavy atom. The monoisotopic (exact) mass is 699 g/mol. The topological polar surface area (TPSA) is 18.1 Å². The predicted octanol–water partition coefficient (Wildman–Crippen LogP) is 14.3. The van der Waals surface area contributed by atoms with E-state index in [1.165, 1.54) is 71.6 Å². The van der Waals surface area contributed by atoms with E-state index in [1.807, 2.05) is 6.07 Å². The summed E-state index contributed by atoms with van der Waals surface area (Å²) in [5.74, 6) is 0.186. The van der Waals surface area contributed by atoms with Gasteiger partial charge in [0.1, 0.15) is 5.58 Å². The highest BCUT2D eigenvalue weighted by Gasteiger charge is 2.31. The third-order valence-corrected chi connectivity index (χ3v) is 11.9. The van der Waals surface area contributed by atoms with Crippen LogP contribution in [-0.4, -0.2) is 4.57 Å². The predicted molar refractivity (Wildman–Crippen MR) is 229 cm³/mol. The van der Waals surface area contributed by atoms with Gasteiger partial charge in [0.25, 0.3) is 0 Å². The van der Waals surface area contributed by atoms with Gasteiger partial charge in [-0.15, -0.1) is 0 Å². The van der Waals surface area contributed by atoms with Crippen LogP contribution in [0.15, 0.2) is 199 Å². The van der Waals surface area contributed by atoms with E-state index in [0.29, 0.717) is 0 Å². The second kappa shape index (κ2) is 11.7. The molecule has 0 saturated heterocycles. The summed E-state index contributed by atoms with van der Waals surface area (Å²) >= 11 is 0. The average Bonchev–Trinajstić information content (AvgIpc) is 3.91. The van der Waals surface area contributed by atoms with Crippen molar-refractivity contribution in [3.05, 3.63) is 211 Å². The van der Waals surface area contributed by atoms with Crippen molar-refractivity contribution in [1.82, 2.24) is 4.57 Å². The van der Waals surface area contributed by atoms with E-state index in [4.69, 9.17) is 4.42 Å². The Hall–Kier alpha value is -7.16. The molecular formula is C53H33NO. The van der Waals surface area contributed by atoms with Gasteiger partial charge < -0.3 is 8.98 Å². The van der Waals surface area contributed by atoms with E-state index < -0.39 is 0 Å². The van der Waals surface area contributed by atoms with Gasteiger partial charge >= 0.3 is 0 Å². The molecule has 0 N–H and O–H groups in total. The molecule has 1 aliphatic carbocycles. The molecule has 2 nitrogen and oxygen atoms in total. The van der Waals surface area contributed by atoms with E-state index in [0.717, 1.165) is 38.7 Å². The molecule has 12 rings (SSSR count). The molecule has 0 saturated carbocycles. The standard InChI is InChI=1S/C53H33NO/c1-2-11-33(12-3-1)34-21-25-38(26-22-34)54-49-30-24-37(32-48(49)45-28-29-46-41-17-8-9-20-50(41)55-53(46)52(45)54)36-23-27-44-47(31-36)40-16-6-7-18-43(40)51(44)42-19-10-14-35-13-4-5-15-39(35)42/h1-32,51H. The van der Waals surface area contributed by atoms with Gasteiger partial charge in [-0.2, -0.15) is 0 Å². The third-order valence-electron chi connectivity index (χ3n) is 11.9. The highest BCUT2D eigenvalue weighted by atomic mass is 16.3. The van der Waals surface area contributed by atoms with Crippen molar-refractivity contribution in [3.63, 3.8) is 0 Å². The molecule has 1 aliphatic rings. The summed E-state index contributed by atoms with van der Waals surface area (Å²) in [5.41, 5.74) is 16.7. The Morgan fingerprint density at radius 3 is 1.95 bits per heavy atom. The first-order valence-corrected chi connectivity index (χ1v) is 19.0. The van der Waals surface area contributed by atoms with Crippen molar-refractivity contribution in [1.29, 1.82) is 0 Å². The lowest BCUT2D eigenvalue weighted by atomic mass is 9.86. The molecule has 2 heterocycles. The van der Waals surface area contributed by atoms with Crippen LogP contribution in [-0.2, 0) is 0 Å². The first kappa shape index (κ1) is 30.3. The number of furan rings is 1. The normalized spacial score (nSPS) is 13.6. The number of hydrogen-bond donors (Lipinski definition) is 0. The first-order valence-electron chi connectivity index (χ1n) is 19.0. The minimum Gasteiger partial charge on any atom is -0.454 e. The number of nitrogens with zero attached hydrogens (tertiary/aromatic N) is 1. The van der Waals surface area contributed by atoms with E-state index in [1.54, 1.807) is 0 Å². The maximum absolute atomic E-state index is 6.70. The minimum atomic E-state index is 0.186. The number of fused-ring (bicyclic) bond motifs is 11. The smallest absolute Gasteiger partial charge is 0.160 e. The number of rotatable bonds is 4. The zero-order valence-electron chi connectivity index (χ0n) is 29.9. The van der Waals surface area contributed by atoms with Crippen LogP contribution in [0.25, 0.3) is 93.6 Å². The van der Waals surface area contributed by atoms with Gasteiger partial charge in [-0.3, -0.25) is 0 Å². The molecule has 11 aromatic rings. The zero-order valence-corrected chi connectivity index (χ0v) is 29.9. The molecule has 55 heavy (non-hydrogen) atoms. The van der Waals surface area contributed by atoms with Crippen LogP contribution in [0, 0.1) is 0 Å². The maximum Gasteiger partial charge on any atom is 0.160 e. The Bertz CT molecular complexity index is 3300. The van der Waals surface area contributed by atoms with Crippen LogP contribution >= 0.6 is 0 Å². The van der Waals surface area contributed by atoms with Crippen LogP contribution in [0.3, 0.4) is 0 Å². The zero-order chi connectivity index (χ0) is 36.0. The Balaban J connectivity index is 1.05. The minimum absolute atomic E-state index is 0.186. The second-order valence-electron chi connectivity index (χ2n) is 14.8. The Kier molecular flexibility index (Phi) is 6.43. The molecule has 0 spiro atoms. The van der Waals surface area contributed by atoms with Crippen molar-refractivity contribution < 1.29 is 4.42 Å². The SMILES string of the molecule is c1ccc(-c2ccc(-n3c4ccc(-c5ccc6c(c5)-c5ccccc5C6c5cccc6ccccc56)cc4c4ccc5c6ccccc6oc5c43)cc2)cc1. The maximum atomic E-state index is 6.70. The van der Waals surface area contributed by atoms with Crippen LogP contribution in [0.1, 0.15) is 22.6 Å². The molecular weight excluding hydrogens is 667 g/mol. The van der Waals surface area contributed by atoms with E-state index in [-0.39, 0.29) is 5.92 Å². The fraction of sp³-hybridized carbons (Fsp3) is 0.0189. The average molecular weight is 700 g/mol. The highest BCUT2D eigenvalue weighted by molar-refractivity contribution is 6.22. The summed E-state index contributed by atoms with van der Waals surface area (Å²) in [6.07, 6.45) is 0. The van der Waals surface area contributed by atoms with Gasteiger partial charge in [-0.25, -0.2) is 0 Å². The lowest BCUT2D eigenvalue weighted by molar-refractivity contribution is 0.671. The first-order chi connectivity index (χ1) is 27.3. The Morgan fingerprint density at radius 1 is 0.382 bits per heavy atom. The van der Waals surface area contributed by atoms with Crippen molar-refractivity contribution in [2.45, 2.75) is 5.92 Å². The Labute approximate surface area is 318 Å². The summed E-state index contributed by atoms with van der Waals surface area (Å²) in [4.78, 5) is 0. The number of hydrogen-bond acceptors (Lipinski definition) is 1. The van der Waals surface area contributed by atoms with Gasteiger partial charge in [0.15, 0.2) is 5.58 Å². The van der Waals surface area contributed by atoms with Gasteiger partial charge in [0.2, 0.25) is 0 Å². The molecule has 0 aliphatic heterocycles. The number of aromatic nitrogens is 1. The van der Waals surface area contributed by atoms with E-state index in [2.05, 4.69) is 193 Å². The lowest BCUT2D eigenvalue weighted by Crippen LogP contribution is -2.00. The summed E-state index contributed by atoms with van der Waals surface area (Å²) in [6.45, 7) is 0. The van der Waals surface area contributed by atoms with Gasteiger partial charge in [0, 0.05) is 33.2 Å². The summed E-state index contributed by atoms with van der Waals surface area (Å²) in [5, 5.41) is 7.25. The fourth-order valence-corrected chi connectivity index (χ4v) is 9.38. The summed E-state index contributed by atoms with van der Waals surface area (Å²) in [6, 6.07) is 70.9. The van der Waals surface area contributed by atoms with Gasteiger partial charge in [-0.1, -0.05) is 152 Å². The highest BCUT2D eigenvalue weighted by Crippen LogP contribution is 2.50. The summed E-state index contributed by atoms with van der Waals surface area (Å²) < 4.78 is 9.09. The van der Waals surface area contributed by atoms with Crippen molar-refractivity contribution in [3.8, 4) is 39.1 Å². The molecule has 1 unspecified atom stereocenters. The lowest BCUT2D eigenvalue weighted by Gasteiger charge is -2.17. The van der Waals surface area contributed by atoms with Crippen molar-refractivity contribution in [2.75, 3.05) is 0 Å². The van der Waals surface area contributed by atoms with Gasteiger partial charge in [-0.05, 0) is 103 Å². The van der Waals surface area contributed by atoms with Crippen molar-refractivity contribution >= 4 is 54.5 Å². The molecule has 0 fully saturated rings. The second-order valence-corrected chi connectivity index (χ2v) is 14.8. The molecule has 0 bridgehead atoms. The molecule has 1 atom stereocenters. The molecule has 0 radical (unpaired) electrons. The molecule has 256 valence electrons. The summed E-state index contributed by atoms with van der Waals surface area (Å²) in [7, 11) is 0. The number of benzene rings is 9. The number of para-hydroxylation sites is 1. The van der Waals surface area contributed by atoms with Crippen LogP contribution in [0.4, 0.5) is 0 Å².